The number of hydrogen-bond acceptors (Lipinski definition) is 4. The monoisotopic (exact) mass is 272 g/mol. The molecule has 0 bridgehead atoms. The molecule has 98 valence electrons. The molecule has 0 unspecified atom stereocenters. The highest BCUT2D eigenvalue weighted by Gasteiger charge is 2.13. The van der Waals surface area contributed by atoms with Crippen LogP contribution in [0, 0.1) is 0 Å². The Kier molecular flexibility index (Phi) is 3.36. The van der Waals surface area contributed by atoms with Gasteiger partial charge in [-0.25, -0.2) is 0 Å². The van der Waals surface area contributed by atoms with Gasteiger partial charge in [-0.05, 0) is 17.5 Å². The molecular formula is C15H16N2OS. The molecule has 0 fully saturated rings. The smallest absolute Gasteiger partial charge is 0.181 e. The van der Waals surface area contributed by atoms with Gasteiger partial charge in [0, 0.05) is 22.8 Å². The van der Waals surface area contributed by atoms with Gasteiger partial charge in [0.05, 0.1) is 11.1 Å². The highest BCUT2D eigenvalue weighted by atomic mass is 32.1. The van der Waals surface area contributed by atoms with Crippen LogP contribution in [0.1, 0.15) is 19.4 Å². The van der Waals surface area contributed by atoms with Gasteiger partial charge in [-0.2, -0.15) is 0 Å². The van der Waals surface area contributed by atoms with Gasteiger partial charge in [-0.15, -0.1) is 11.3 Å². The van der Waals surface area contributed by atoms with Gasteiger partial charge in [-0.1, -0.05) is 37.2 Å². The second-order valence-electron chi connectivity index (χ2n) is 4.86. The van der Waals surface area contributed by atoms with E-state index < -0.39 is 0 Å². The molecule has 0 atom stereocenters. The van der Waals surface area contributed by atoms with Crippen LogP contribution in [0.25, 0.3) is 20.7 Å². The topological polar surface area (TPSA) is 38.1 Å². The van der Waals surface area contributed by atoms with Gasteiger partial charge < -0.3 is 9.84 Å². The molecule has 1 aromatic carbocycles. The molecule has 0 aliphatic carbocycles. The SMILES string of the molecule is CC(C)NCc1cnoc1-c1cc2ccccc2s1. The number of fused-ring (bicyclic) bond motifs is 1. The van der Waals surface area contributed by atoms with Crippen molar-refractivity contribution in [3.8, 4) is 10.6 Å². The Morgan fingerprint density at radius 2 is 2.16 bits per heavy atom. The van der Waals surface area contributed by atoms with Crippen LogP contribution in [0.3, 0.4) is 0 Å². The van der Waals surface area contributed by atoms with E-state index in [-0.39, 0.29) is 0 Å². The van der Waals surface area contributed by atoms with Gasteiger partial charge in [0.2, 0.25) is 0 Å². The summed E-state index contributed by atoms with van der Waals surface area (Å²) in [5.41, 5.74) is 1.11. The molecule has 0 saturated carbocycles. The highest BCUT2D eigenvalue weighted by molar-refractivity contribution is 7.22. The molecule has 3 aromatic rings. The maximum absolute atomic E-state index is 5.43. The molecule has 0 aliphatic heterocycles. The summed E-state index contributed by atoms with van der Waals surface area (Å²) < 4.78 is 6.71. The van der Waals surface area contributed by atoms with E-state index in [1.807, 2.05) is 0 Å². The Morgan fingerprint density at radius 3 is 2.95 bits per heavy atom. The van der Waals surface area contributed by atoms with Crippen LogP contribution >= 0.6 is 11.3 Å². The largest absolute Gasteiger partial charge is 0.355 e. The Balaban J connectivity index is 1.95. The van der Waals surface area contributed by atoms with Crippen LogP contribution in [0.2, 0.25) is 0 Å². The van der Waals surface area contributed by atoms with E-state index in [0.717, 1.165) is 22.7 Å². The molecule has 2 heterocycles. The lowest BCUT2D eigenvalue weighted by atomic mass is 10.2. The van der Waals surface area contributed by atoms with Crippen molar-refractivity contribution in [2.24, 2.45) is 0 Å². The van der Waals surface area contributed by atoms with Gasteiger partial charge in [0.15, 0.2) is 5.76 Å². The van der Waals surface area contributed by atoms with Gasteiger partial charge in [0.1, 0.15) is 0 Å². The van der Waals surface area contributed by atoms with E-state index in [1.54, 1.807) is 17.5 Å². The number of rotatable bonds is 4. The Hall–Kier alpha value is -1.65. The molecule has 0 aliphatic rings. The van der Waals surface area contributed by atoms with E-state index in [4.69, 9.17) is 4.52 Å². The second-order valence-corrected chi connectivity index (χ2v) is 5.95. The number of hydrogen-bond donors (Lipinski definition) is 1. The first-order valence-electron chi connectivity index (χ1n) is 6.40. The Labute approximate surface area is 116 Å². The third-order valence-corrected chi connectivity index (χ3v) is 4.11. The van der Waals surface area contributed by atoms with E-state index >= 15 is 0 Å². The minimum Gasteiger partial charge on any atom is -0.355 e. The Bertz CT molecular complexity index is 651. The van der Waals surface area contributed by atoms with Crippen molar-refractivity contribution in [2.45, 2.75) is 26.4 Å². The number of benzene rings is 1. The maximum atomic E-state index is 5.43. The fraction of sp³-hybridized carbons (Fsp3) is 0.267. The summed E-state index contributed by atoms with van der Waals surface area (Å²) in [5, 5.41) is 8.59. The van der Waals surface area contributed by atoms with Crippen molar-refractivity contribution in [2.75, 3.05) is 0 Å². The number of aromatic nitrogens is 1. The average molecular weight is 272 g/mol. The number of nitrogens with zero attached hydrogens (tertiary/aromatic N) is 1. The summed E-state index contributed by atoms with van der Waals surface area (Å²) in [6, 6.07) is 11.0. The molecule has 3 rings (SSSR count). The molecule has 0 spiro atoms. The summed E-state index contributed by atoms with van der Waals surface area (Å²) >= 11 is 1.74. The lowest BCUT2D eigenvalue weighted by Gasteiger charge is -2.06. The minimum absolute atomic E-state index is 0.449. The van der Waals surface area contributed by atoms with Crippen molar-refractivity contribution in [3.63, 3.8) is 0 Å². The molecule has 4 heteroatoms. The lowest BCUT2D eigenvalue weighted by molar-refractivity contribution is 0.432. The molecular weight excluding hydrogens is 256 g/mol. The fourth-order valence-electron chi connectivity index (χ4n) is 2.00. The first-order chi connectivity index (χ1) is 9.24. The van der Waals surface area contributed by atoms with Crippen molar-refractivity contribution in [3.05, 3.63) is 42.1 Å². The Morgan fingerprint density at radius 1 is 1.32 bits per heavy atom. The molecule has 19 heavy (non-hydrogen) atoms. The summed E-state index contributed by atoms with van der Waals surface area (Å²) in [6.45, 7) is 5.05. The number of thiophene rings is 1. The van der Waals surface area contributed by atoms with Crippen molar-refractivity contribution < 1.29 is 4.52 Å². The zero-order chi connectivity index (χ0) is 13.2. The van der Waals surface area contributed by atoms with Crippen LogP contribution in [0.4, 0.5) is 0 Å². The highest BCUT2D eigenvalue weighted by Crippen LogP contribution is 2.35. The van der Waals surface area contributed by atoms with Gasteiger partial charge >= 0.3 is 0 Å². The maximum Gasteiger partial charge on any atom is 0.181 e. The fourth-order valence-corrected chi connectivity index (χ4v) is 3.07. The van der Waals surface area contributed by atoms with E-state index in [2.05, 4.69) is 54.7 Å². The minimum atomic E-state index is 0.449. The zero-order valence-corrected chi connectivity index (χ0v) is 11.8. The van der Waals surface area contributed by atoms with Crippen LogP contribution in [-0.2, 0) is 6.54 Å². The summed E-state index contributed by atoms with van der Waals surface area (Å²) in [6.07, 6.45) is 1.80. The second kappa shape index (κ2) is 5.15. The molecule has 3 nitrogen and oxygen atoms in total. The third-order valence-electron chi connectivity index (χ3n) is 2.99. The van der Waals surface area contributed by atoms with Gasteiger partial charge in [0.25, 0.3) is 0 Å². The van der Waals surface area contributed by atoms with Gasteiger partial charge in [-0.3, -0.25) is 0 Å². The predicted octanol–water partition coefficient (Wildman–Crippen LogP) is 4.05. The van der Waals surface area contributed by atoms with Crippen LogP contribution in [0.15, 0.2) is 41.1 Å². The van der Waals surface area contributed by atoms with Crippen LogP contribution in [-0.4, -0.2) is 11.2 Å². The summed E-state index contributed by atoms with van der Waals surface area (Å²) in [7, 11) is 0. The molecule has 0 amide bonds. The standard InChI is InChI=1S/C15H16N2OS/c1-10(2)16-8-12-9-17-18-15(12)14-7-11-5-3-4-6-13(11)19-14/h3-7,9-10,16H,8H2,1-2H3. The third kappa shape index (κ3) is 2.55. The molecule has 0 saturated heterocycles. The van der Waals surface area contributed by atoms with Crippen LogP contribution in [0.5, 0.6) is 0 Å². The van der Waals surface area contributed by atoms with Crippen LogP contribution < -0.4 is 5.32 Å². The van der Waals surface area contributed by atoms with E-state index in [0.29, 0.717) is 6.04 Å². The molecule has 0 radical (unpaired) electrons. The summed E-state index contributed by atoms with van der Waals surface area (Å²) in [4.78, 5) is 1.14. The van der Waals surface area contributed by atoms with Crippen molar-refractivity contribution >= 4 is 21.4 Å². The van der Waals surface area contributed by atoms with Crippen molar-refractivity contribution in [1.29, 1.82) is 0 Å². The van der Waals surface area contributed by atoms with Crippen molar-refractivity contribution in [1.82, 2.24) is 10.5 Å². The first-order valence-corrected chi connectivity index (χ1v) is 7.21. The van der Waals surface area contributed by atoms with E-state index in [9.17, 15) is 0 Å². The molecule has 2 aromatic heterocycles. The number of nitrogens with one attached hydrogen (secondary N) is 1. The van der Waals surface area contributed by atoms with E-state index in [1.165, 1.54) is 10.1 Å². The lowest BCUT2D eigenvalue weighted by Crippen LogP contribution is -2.21. The normalized spacial score (nSPS) is 11.5. The summed E-state index contributed by atoms with van der Waals surface area (Å²) in [5.74, 6) is 0.884. The predicted molar refractivity (Wildman–Crippen MR) is 79.3 cm³/mol. The average Bonchev–Trinajstić information content (AvgIpc) is 3.02. The first kappa shape index (κ1) is 12.4. The zero-order valence-electron chi connectivity index (χ0n) is 11.0. The quantitative estimate of drug-likeness (QED) is 0.778. The molecule has 1 N–H and O–H groups in total.